The summed E-state index contributed by atoms with van der Waals surface area (Å²) in [6.45, 7) is 3.64. The summed E-state index contributed by atoms with van der Waals surface area (Å²) in [6, 6.07) is 8.48. The molecule has 0 aliphatic carbocycles. The summed E-state index contributed by atoms with van der Waals surface area (Å²) in [5.74, 6) is 0.205. The summed E-state index contributed by atoms with van der Waals surface area (Å²) in [6.07, 6.45) is 3.39. The number of fused-ring (bicyclic) bond motifs is 1. The number of H-pyrrole nitrogens is 1. The normalized spacial score (nSPS) is 12.1. The molecule has 3 heterocycles. The molecule has 0 saturated heterocycles. The highest BCUT2D eigenvalue weighted by Gasteiger charge is 2.17. The Kier molecular flexibility index (Phi) is 3.99. The van der Waals surface area contributed by atoms with E-state index < -0.39 is 0 Å². The van der Waals surface area contributed by atoms with Gasteiger partial charge in [-0.15, -0.1) is 0 Å². The number of aliphatic imine (C=N–C) groups is 1. The lowest BCUT2D eigenvalue weighted by molar-refractivity contribution is 0.457. The minimum absolute atomic E-state index is 0.00798. The average Bonchev–Trinajstić information content (AvgIpc) is 3.16. The van der Waals surface area contributed by atoms with Crippen LogP contribution in [0.5, 0.6) is 5.88 Å². The average molecular weight is 363 g/mol. The van der Waals surface area contributed by atoms with Crippen molar-refractivity contribution in [1.82, 2.24) is 19.7 Å². The summed E-state index contributed by atoms with van der Waals surface area (Å²) in [7, 11) is 1.81. The molecule has 27 heavy (non-hydrogen) atoms. The molecule has 0 bridgehead atoms. The molecule has 0 amide bonds. The number of pyridine rings is 1. The van der Waals surface area contributed by atoms with E-state index in [2.05, 4.69) is 20.1 Å². The molecule has 3 aromatic heterocycles. The first-order chi connectivity index (χ1) is 12.9. The third-order valence-corrected chi connectivity index (χ3v) is 4.48. The lowest BCUT2D eigenvalue weighted by atomic mass is 10.0. The Morgan fingerprint density at radius 2 is 2.11 bits per heavy atom. The lowest BCUT2D eigenvalue weighted by Gasteiger charge is -2.07. The zero-order valence-electron chi connectivity index (χ0n) is 15.2. The first kappa shape index (κ1) is 17.0. The van der Waals surface area contributed by atoms with Crippen molar-refractivity contribution in [3.63, 3.8) is 0 Å². The molecular weight excluding hydrogens is 345 g/mol. The second kappa shape index (κ2) is 6.35. The number of rotatable bonds is 3. The number of hydrogen-bond acceptors (Lipinski definition) is 4. The van der Waals surface area contributed by atoms with E-state index in [4.69, 9.17) is 0 Å². The molecule has 136 valence electrons. The summed E-state index contributed by atoms with van der Waals surface area (Å²) in [5, 5.41) is 15.3. The third kappa shape index (κ3) is 2.97. The van der Waals surface area contributed by atoms with Gasteiger partial charge in [0.05, 0.1) is 28.7 Å². The number of aromatic amines is 1. The van der Waals surface area contributed by atoms with Crippen LogP contribution in [0.4, 0.5) is 10.2 Å². The van der Waals surface area contributed by atoms with E-state index in [1.165, 1.54) is 6.07 Å². The van der Waals surface area contributed by atoms with Crippen LogP contribution in [0.3, 0.4) is 0 Å². The van der Waals surface area contributed by atoms with Crippen molar-refractivity contribution in [1.29, 1.82) is 0 Å². The number of aromatic hydroxyl groups is 1. The van der Waals surface area contributed by atoms with Gasteiger partial charge in [-0.05, 0) is 31.5 Å². The number of aryl methyl sites for hydroxylation is 2. The number of hydrogen-bond donors (Lipinski definition) is 2. The smallest absolute Gasteiger partial charge is 0.198 e. The van der Waals surface area contributed by atoms with Crippen LogP contribution in [0.1, 0.15) is 18.1 Å². The molecule has 6 nitrogen and oxygen atoms in total. The Bertz CT molecular complexity index is 1170. The molecule has 2 N–H and O–H groups in total. The van der Waals surface area contributed by atoms with Gasteiger partial charge in [0, 0.05) is 30.3 Å². The Labute approximate surface area is 155 Å². The fourth-order valence-electron chi connectivity index (χ4n) is 3.23. The van der Waals surface area contributed by atoms with E-state index in [-0.39, 0.29) is 11.7 Å². The molecule has 4 aromatic rings. The highest BCUT2D eigenvalue weighted by atomic mass is 19.1. The summed E-state index contributed by atoms with van der Waals surface area (Å²) >= 11 is 0. The van der Waals surface area contributed by atoms with E-state index in [0.29, 0.717) is 33.9 Å². The molecule has 7 heteroatoms. The molecule has 0 atom stereocenters. The van der Waals surface area contributed by atoms with Gasteiger partial charge in [-0.2, -0.15) is 5.10 Å². The minimum atomic E-state index is -0.331. The van der Waals surface area contributed by atoms with Crippen molar-refractivity contribution >= 4 is 22.4 Å². The van der Waals surface area contributed by atoms with Gasteiger partial charge >= 0.3 is 0 Å². The van der Waals surface area contributed by atoms with Gasteiger partial charge in [0.1, 0.15) is 5.82 Å². The first-order valence-electron chi connectivity index (χ1n) is 8.45. The molecule has 0 aliphatic heterocycles. The fourth-order valence-corrected chi connectivity index (χ4v) is 3.23. The number of benzene rings is 1. The van der Waals surface area contributed by atoms with Crippen LogP contribution in [-0.4, -0.2) is 30.6 Å². The molecule has 0 fully saturated rings. The van der Waals surface area contributed by atoms with E-state index in [0.717, 1.165) is 10.9 Å². The van der Waals surface area contributed by atoms with E-state index in [9.17, 15) is 9.50 Å². The van der Waals surface area contributed by atoms with E-state index >= 15 is 0 Å². The largest absolute Gasteiger partial charge is 0.494 e. The molecule has 0 unspecified atom stereocenters. The zero-order chi connectivity index (χ0) is 19.1. The van der Waals surface area contributed by atoms with E-state index in [1.54, 1.807) is 42.2 Å². The van der Waals surface area contributed by atoms with Crippen molar-refractivity contribution in [2.75, 3.05) is 0 Å². The predicted octanol–water partition coefficient (Wildman–Crippen LogP) is 4.26. The van der Waals surface area contributed by atoms with Crippen molar-refractivity contribution in [3.8, 4) is 17.1 Å². The third-order valence-electron chi connectivity index (χ3n) is 4.48. The van der Waals surface area contributed by atoms with Gasteiger partial charge in [-0.1, -0.05) is 12.1 Å². The molecule has 4 rings (SSSR count). The maximum absolute atomic E-state index is 14.4. The second-order valence-electron chi connectivity index (χ2n) is 6.44. The Morgan fingerprint density at radius 1 is 1.30 bits per heavy atom. The van der Waals surface area contributed by atoms with Gasteiger partial charge in [0.15, 0.2) is 11.7 Å². The van der Waals surface area contributed by atoms with Crippen LogP contribution < -0.4 is 0 Å². The van der Waals surface area contributed by atoms with Crippen molar-refractivity contribution in [2.24, 2.45) is 12.0 Å². The van der Waals surface area contributed by atoms with Crippen LogP contribution in [0, 0.1) is 12.7 Å². The van der Waals surface area contributed by atoms with Crippen LogP contribution in [-0.2, 0) is 7.05 Å². The van der Waals surface area contributed by atoms with Crippen LogP contribution >= 0.6 is 0 Å². The monoisotopic (exact) mass is 363 g/mol. The molecule has 0 radical (unpaired) electrons. The van der Waals surface area contributed by atoms with Gasteiger partial charge in [0.25, 0.3) is 0 Å². The van der Waals surface area contributed by atoms with E-state index in [1.807, 2.05) is 20.0 Å². The highest BCUT2D eigenvalue weighted by molar-refractivity contribution is 6.13. The molecule has 0 spiro atoms. The predicted molar refractivity (Wildman–Crippen MR) is 103 cm³/mol. The zero-order valence-corrected chi connectivity index (χ0v) is 15.2. The quantitative estimate of drug-likeness (QED) is 0.534. The number of halogens is 1. The Morgan fingerprint density at radius 3 is 2.81 bits per heavy atom. The van der Waals surface area contributed by atoms with Crippen LogP contribution in [0.2, 0.25) is 0 Å². The van der Waals surface area contributed by atoms with Crippen LogP contribution in [0.25, 0.3) is 22.2 Å². The standard InChI is InChI=1S/C20H18FN5O/c1-11-5-4-6-14(21)18(11)15-9-13-16(10-22-15)24-20(27)19(13)12(2)23-17-7-8-26(3)25-17/h4-10,24,27H,1-3H3. The van der Waals surface area contributed by atoms with Gasteiger partial charge in [-0.25, -0.2) is 9.38 Å². The summed E-state index contributed by atoms with van der Waals surface area (Å²) < 4.78 is 16.0. The number of aromatic nitrogens is 4. The number of nitrogens with zero attached hydrogens (tertiary/aromatic N) is 4. The van der Waals surface area contributed by atoms with Crippen molar-refractivity contribution in [2.45, 2.75) is 13.8 Å². The maximum atomic E-state index is 14.4. The van der Waals surface area contributed by atoms with Crippen molar-refractivity contribution in [3.05, 3.63) is 59.7 Å². The first-order valence-corrected chi connectivity index (χ1v) is 8.45. The topological polar surface area (TPSA) is 79.1 Å². The summed E-state index contributed by atoms with van der Waals surface area (Å²) in [5.41, 5.74) is 3.54. The second-order valence-corrected chi connectivity index (χ2v) is 6.44. The SMILES string of the molecule is CC(=Nc1ccn(C)n1)c1c(O)[nH]c2cnc(-c3c(C)cccc3F)cc12. The van der Waals surface area contributed by atoms with Crippen molar-refractivity contribution < 1.29 is 9.50 Å². The maximum Gasteiger partial charge on any atom is 0.198 e. The molecular formula is C20H18FN5O. The fraction of sp³-hybridized carbons (Fsp3) is 0.150. The lowest BCUT2D eigenvalue weighted by Crippen LogP contribution is -1.95. The summed E-state index contributed by atoms with van der Waals surface area (Å²) in [4.78, 5) is 11.7. The molecule has 1 aromatic carbocycles. The molecule has 0 aliphatic rings. The highest BCUT2D eigenvalue weighted by Crippen LogP contribution is 2.33. The van der Waals surface area contributed by atoms with Gasteiger partial charge in [-0.3, -0.25) is 9.67 Å². The Hall–Kier alpha value is -3.48. The molecule has 0 saturated carbocycles. The van der Waals surface area contributed by atoms with Gasteiger partial charge < -0.3 is 10.1 Å². The minimum Gasteiger partial charge on any atom is -0.494 e. The van der Waals surface area contributed by atoms with Gasteiger partial charge in [0.2, 0.25) is 0 Å². The van der Waals surface area contributed by atoms with Crippen LogP contribution in [0.15, 0.2) is 47.7 Å². The number of nitrogens with one attached hydrogen (secondary N) is 1. The Balaban J connectivity index is 1.89.